The zero-order chi connectivity index (χ0) is 34.1. The van der Waals surface area contributed by atoms with E-state index in [4.69, 9.17) is 9.79 Å². The van der Waals surface area contributed by atoms with Crippen LogP contribution in [0.25, 0.3) is 0 Å². The Balaban J connectivity index is 4.21. The lowest BCUT2D eigenvalue weighted by Gasteiger charge is -2.04. The molecule has 4 nitrogen and oxygen atoms in total. The molecule has 0 saturated carbocycles. The Labute approximate surface area is 278 Å². The Hall–Kier alpha value is -1.97. The van der Waals surface area contributed by atoms with E-state index in [0.29, 0.717) is 0 Å². The van der Waals surface area contributed by atoms with Crippen LogP contribution < -0.4 is 0 Å². The minimum absolute atomic E-state index is 0.0528. The zero-order valence-electron chi connectivity index (χ0n) is 30.4. The molecule has 0 aromatic rings. The summed E-state index contributed by atoms with van der Waals surface area (Å²) >= 11 is 0. The highest BCUT2D eigenvalue weighted by molar-refractivity contribution is 7.46. The van der Waals surface area contributed by atoms with Crippen molar-refractivity contribution in [3.05, 3.63) is 93.2 Å². The van der Waals surface area contributed by atoms with Crippen LogP contribution in [0, 0.1) is 0 Å². The zero-order valence-corrected chi connectivity index (χ0v) is 31.3. The Morgan fingerprint density at radius 3 is 0.867 bits per heavy atom. The van der Waals surface area contributed by atoms with Crippen LogP contribution in [0.5, 0.6) is 0 Å². The number of allylic oxidation sites excluding steroid dienone is 15. The van der Waals surface area contributed by atoms with Gasteiger partial charge in [0.2, 0.25) is 0 Å². The molecule has 0 saturated heterocycles. The Bertz CT molecular complexity index is 1130. The van der Waals surface area contributed by atoms with Crippen molar-refractivity contribution in [1.29, 1.82) is 0 Å². The van der Waals surface area contributed by atoms with Gasteiger partial charge in [-0.2, -0.15) is 0 Å². The lowest BCUT2D eigenvalue weighted by Crippen LogP contribution is -1.89. The molecule has 0 aliphatic heterocycles. The fourth-order valence-electron chi connectivity index (χ4n) is 4.86. The van der Waals surface area contributed by atoms with Gasteiger partial charge in [0.05, 0.1) is 6.61 Å². The van der Waals surface area contributed by atoms with Crippen LogP contribution >= 0.6 is 7.82 Å². The summed E-state index contributed by atoms with van der Waals surface area (Å²) in [6.45, 7) is 19.7. The normalized spacial score (nSPS) is 14.8. The van der Waals surface area contributed by atoms with Crippen LogP contribution in [-0.4, -0.2) is 16.4 Å². The molecule has 45 heavy (non-hydrogen) atoms. The molecule has 0 aromatic heterocycles. The average molecular weight is 643 g/mol. The van der Waals surface area contributed by atoms with Crippen molar-refractivity contribution in [2.75, 3.05) is 6.61 Å². The minimum Gasteiger partial charge on any atom is -0.303 e. The molecule has 0 bridgehead atoms. The molecule has 0 aromatic carbocycles. The maximum absolute atomic E-state index is 10.7. The molecule has 0 fully saturated rings. The van der Waals surface area contributed by atoms with Gasteiger partial charge in [-0.1, -0.05) is 93.2 Å². The predicted octanol–water partition coefficient (Wildman–Crippen LogP) is 13.1. The van der Waals surface area contributed by atoms with Crippen LogP contribution in [0.4, 0.5) is 0 Å². The Morgan fingerprint density at radius 2 is 0.644 bits per heavy atom. The summed E-state index contributed by atoms with van der Waals surface area (Å²) in [5, 5.41) is 0. The molecule has 0 unspecified atom stereocenters. The number of hydrogen-bond acceptors (Lipinski definition) is 2. The lowest BCUT2D eigenvalue weighted by molar-refractivity contribution is 0.215. The van der Waals surface area contributed by atoms with Crippen LogP contribution in [0.1, 0.15) is 152 Å². The van der Waals surface area contributed by atoms with Gasteiger partial charge in [0.15, 0.2) is 0 Å². The van der Waals surface area contributed by atoms with Crippen LogP contribution in [0.15, 0.2) is 93.2 Å². The molecular formula is C40H67O4P. The highest BCUT2D eigenvalue weighted by atomic mass is 31.2. The molecule has 0 heterocycles. The first-order valence-corrected chi connectivity index (χ1v) is 18.6. The summed E-state index contributed by atoms with van der Waals surface area (Å²) in [5.41, 5.74) is 11.3. The molecule has 2 N–H and O–H groups in total. The van der Waals surface area contributed by atoms with Gasteiger partial charge < -0.3 is 9.79 Å². The maximum Gasteiger partial charge on any atom is 0.469 e. The second kappa shape index (κ2) is 26.1. The molecule has 0 radical (unpaired) electrons. The molecule has 256 valence electrons. The molecule has 0 aliphatic carbocycles. The van der Waals surface area contributed by atoms with E-state index in [9.17, 15) is 4.57 Å². The number of phosphoric acid groups is 1. The topological polar surface area (TPSA) is 66.8 Å². The molecule has 0 spiro atoms. The number of rotatable bonds is 24. The summed E-state index contributed by atoms with van der Waals surface area (Å²) in [6, 6.07) is 0. The van der Waals surface area contributed by atoms with Gasteiger partial charge in [-0.15, -0.1) is 0 Å². The van der Waals surface area contributed by atoms with Gasteiger partial charge in [0, 0.05) is 0 Å². The van der Waals surface area contributed by atoms with Crippen molar-refractivity contribution in [3.63, 3.8) is 0 Å². The maximum atomic E-state index is 10.7. The lowest BCUT2D eigenvalue weighted by atomic mass is 10.0. The first kappa shape index (κ1) is 43.0. The third-order valence-corrected chi connectivity index (χ3v) is 8.44. The smallest absolute Gasteiger partial charge is 0.303 e. The van der Waals surface area contributed by atoms with E-state index in [0.717, 1.165) is 82.6 Å². The number of hydrogen-bond donors (Lipinski definition) is 2. The molecule has 0 amide bonds. The first-order chi connectivity index (χ1) is 21.2. The predicted molar refractivity (Wildman–Crippen MR) is 198 cm³/mol. The SMILES string of the molecule is CC(C)=CCC/C(C)=C\CC/C(C)=C\CC/C(C)=C\CC/C(C)=C\CC/C(C)=C\CC/C(C)=C\CC/C(C)=C\COP(=O)(O)O. The molecule has 0 aliphatic rings. The van der Waals surface area contributed by atoms with E-state index < -0.39 is 7.82 Å². The van der Waals surface area contributed by atoms with Gasteiger partial charge in [0.25, 0.3) is 0 Å². The second-order valence-corrected chi connectivity index (χ2v) is 14.4. The van der Waals surface area contributed by atoms with Crippen molar-refractivity contribution in [2.24, 2.45) is 0 Å². The van der Waals surface area contributed by atoms with E-state index in [1.54, 1.807) is 6.08 Å². The van der Waals surface area contributed by atoms with E-state index in [2.05, 4.69) is 102 Å². The average Bonchev–Trinajstić information content (AvgIpc) is 2.92. The van der Waals surface area contributed by atoms with Crippen molar-refractivity contribution in [2.45, 2.75) is 152 Å². The third kappa shape index (κ3) is 30.4. The van der Waals surface area contributed by atoms with Crippen molar-refractivity contribution < 1.29 is 18.9 Å². The van der Waals surface area contributed by atoms with E-state index in [-0.39, 0.29) is 6.61 Å². The fourth-order valence-corrected chi connectivity index (χ4v) is 5.13. The van der Waals surface area contributed by atoms with Gasteiger partial charge in [-0.25, -0.2) is 4.57 Å². The summed E-state index contributed by atoms with van der Waals surface area (Å²) in [4.78, 5) is 17.5. The van der Waals surface area contributed by atoms with Crippen LogP contribution in [0.2, 0.25) is 0 Å². The summed E-state index contributed by atoms with van der Waals surface area (Å²) in [7, 11) is -4.39. The third-order valence-electron chi connectivity index (χ3n) is 7.95. The van der Waals surface area contributed by atoms with Gasteiger partial charge in [0.1, 0.15) is 0 Å². The largest absolute Gasteiger partial charge is 0.469 e. The van der Waals surface area contributed by atoms with E-state index >= 15 is 0 Å². The standard InChI is InChI=1S/C40H67O4P/c1-33(2)17-10-18-34(3)19-11-20-35(4)21-12-22-36(5)23-13-24-37(6)25-14-26-38(7)27-15-28-39(8)29-16-30-40(9)31-32-44-45(41,42)43/h17,19,21,23,25,27,29,31H,10-16,18,20,22,24,26,28,30,32H2,1-9H3,(H2,41,42,43)/b34-19-,35-21-,36-23-,37-25-,38-27-,39-29-,40-31-. The van der Waals surface area contributed by atoms with Crippen LogP contribution in [0.3, 0.4) is 0 Å². The van der Waals surface area contributed by atoms with Crippen LogP contribution in [-0.2, 0) is 9.09 Å². The second-order valence-electron chi connectivity index (χ2n) is 13.2. The highest BCUT2D eigenvalue weighted by Crippen LogP contribution is 2.35. The molecule has 0 rings (SSSR count). The number of phosphoric ester groups is 1. The van der Waals surface area contributed by atoms with Crippen molar-refractivity contribution >= 4 is 7.82 Å². The van der Waals surface area contributed by atoms with Gasteiger partial charge in [-0.3, -0.25) is 4.52 Å². The van der Waals surface area contributed by atoms with Crippen molar-refractivity contribution in [1.82, 2.24) is 0 Å². The summed E-state index contributed by atoms with van der Waals surface area (Å²) in [5.74, 6) is 0. The Morgan fingerprint density at radius 1 is 0.422 bits per heavy atom. The van der Waals surface area contributed by atoms with E-state index in [1.807, 2.05) is 6.92 Å². The van der Waals surface area contributed by atoms with Gasteiger partial charge in [-0.05, 0) is 152 Å². The van der Waals surface area contributed by atoms with Crippen molar-refractivity contribution in [3.8, 4) is 0 Å². The monoisotopic (exact) mass is 642 g/mol. The minimum atomic E-state index is -4.39. The highest BCUT2D eigenvalue weighted by Gasteiger charge is 2.11. The quantitative estimate of drug-likeness (QED) is 0.0812. The van der Waals surface area contributed by atoms with Gasteiger partial charge >= 0.3 is 7.82 Å². The summed E-state index contributed by atoms with van der Waals surface area (Å²) < 4.78 is 15.2. The molecule has 0 atom stereocenters. The Kier molecular flexibility index (Phi) is 25.0. The van der Waals surface area contributed by atoms with E-state index in [1.165, 1.54) is 51.9 Å². The molecule has 5 heteroatoms. The summed E-state index contributed by atoms with van der Waals surface area (Å²) in [6.07, 6.45) is 33.8. The first-order valence-electron chi connectivity index (χ1n) is 17.1. The fraction of sp³-hybridized carbons (Fsp3) is 0.600. The molecular weight excluding hydrogens is 575 g/mol.